The van der Waals surface area contributed by atoms with Gasteiger partial charge in [0.05, 0.1) is 6.61 Å². The Labute approximate surface area is 90.5 Å². The Hall–Kier alpha value is -0.900. The number of nitrogens with two attached hydrogens (primary N) is 1. The van der Waals surface area contributed by atoms with E-state index in [0.29, 0.717) is 6.54 Å². The molecule has 15 heavy (non-hydrogen) atoms. The second-order valence-electron chi connectivity index (χ2n) is 3.64. The molecule has 1 aromatic rings. The van der Waals surface area contributed by atoms with E-state index < -0.39 is 6.10 Å². The number of unbranched alkanes of at least 4 members (excludes halogenated alkanes) is 1. The van der Waals surface area contributed by atoms with Crippen molar-refractivity contribution in [3.05, 3.63) is 35.4 Å². The molecule has 0 spiro atoms. The first-order chi connectivity index (χ1) is 7.29. The van der Waals surface area contributed by atoms with Crippen molar-refractivity contribution >= 4 is 0 Å². The molecule has 0 heterocycles. The number of aryl methyl sites for hydroxylation is 1. The summed E-state index contributed by atoms with van der Waals surface area (Å²) in [7, 11) is 0. The summed E-state index contributed by atoms with van der Waals surface area (Å²) in [6.45, 7) is 0.471. The maximum atomic E-state index is 9.59. The molecule has 0 radical (unpaired) electrons. The summed E-state index contributed by atoms with van der Waals surface area (Å²) in [6.07, 6.45) is 2.15. The molecule has 1 aromatic carbocycles. The van der Waals surface area contributed by atoms with Crippen LogP contribution in [0.2, 0.25) is 0 Å². The van der Waals surface area contributed by atoms with Gasteiger partial charge < -0.3 is 15.9 Å². The lowest BCUT2D eigenvalue weighted by atomic mass is 9.98. The second-order valence-corrected chi connectivity index (χ2v) is 3.64. The van der Waals surface area contributed by atoms with Gasteiger partial charge in [0.15, 0.2) is 0 Å². The molecule has 0 saturated carbocycles. The van der Waals surface area contributed by atoms with Crippen LogP contribution in [0.3, 0.4) is 0 Å². The fourth-order valence-corrected chi connectivity index (χ4v) is 1.65. The number of aliphatic hydroxyl groups is 2. The summed E-state index contributed by atoms with van der Waals surface area (Å²) >= 11 is 0. The van der Waals surface area contributed by atoms with E-state index >= 15 is 0 Å². The lowest BCUT2D eigenvalue weighted by Crippen LogP contribution is -2.07. The van der Waals surface area contributed by atoms with Crippen LogP contribution in [0.4, 0.5) is 0 Å². The van der Waals surface area contributed by atoms with Gasteiger partial charge in [-0.15, -0.1) is 0 Å². The third-order valence-corrected chi connectivity index (χ3v) is 2.49. The molecule has 0 bridgehead atoms. The van der Waals surface area contributed by atoms with Gasteiger partial charge in [-0.3, -0.25) is 0 Å². The molecule has 1 atom stereocenters. The SMILES string of the molecule is NCCCCc1ccccc1C(O)CO. The molecule has 0 aliphatic carbocycles. The van der Waals surface area contributed by atoms with Gasteiger partial charge in [-0.1, -0.05) is 24.3 Å². The van der Waals surface area contributed by atoms with Gasteiger partial charge in [0, 0.05) is 0 Å². The monoisotopic (exact) mass is 209 g/mol. The Morgan fingerprint density at radius 3 is 2.60 bits per heavy atom. The molecular weight excluding hydrogens is 190 g/mol. The van der Waals surface area contributed by atoms with Gasteiger partial charge in [0.2, 0.25) is 0 Å². The number of benzene rings is 1. The predicted octanol–water partition coefficient (Wildman–Crippen LogP) is 0.994. The van der Waals surface area contributed by atoms with Crippen LogP contribution in [0.1, 0.15) is 30.1 Å². The number of hydrogen-bond acceptors (Lipinski definition) is 3. The molecule has 0 aliphatic rings. The predicted molar refractivity (Wildman–Crippen MR) is 60.5 cm³/mol. The van der Waals surface area contributed by atoms with Crippen molar-refractivity contribution in [3.8, 4) is 0 Å². The van der Waals surface area contributed by atoms with Crippen molar-refractivity contribution in [2.75, 3.05) is 13.2 Å². The first-order valence-corrected chi connectivity index (χ1v) is 5.36. The van der Waals surface area contributed by atoms with Gasteiger partial charge in [-0.2, -0.15) is 0 Å². The minimum Gasteiger partial charge on any atom is -0.393 e. The van der Waals surface area contributed by atoms with E-state index in [-0.39, 0.29) is 6.61 Å². The average Bonchev–Trinajstić information content (AvgIpc) is 2.29. The zero-order chi connectivity index (χ0) is 11.1. The van der Waals surface area contributed by atoms with Gasteiger partial charge in [0.1, 0.15) is 6.10 Å². The smallest absolute Gasteiger partial charge is 0.102 e. The first kappa shape index (κ1) is 12.2. The number of rotatable bonds is 6. The van der Waals surface area contributed by atoms with Crippen molar-refractivity contribution in [1.82, 2.24) is 0 Å². The fraction of sp³-hybridized carbons (Fsp3) is 0.500. The molecule has 1 unspecified atom stereocenters. The van der Waals surface area contributed by atoms with E-state index in [2.05, 4.69) is 0 Å². The molecule has 4 N–H and O–H groups in total. The molecule has 3 heteroatoms. The van der Waals surface area contributed by atoms with Crippen LogP contribution in [0.25, 0.3) is 0 Å². The first-order valence-electron chi connectivity index (χ1n) is 5.36. The summed E-state index contributed by atoms with van der Waals surface area (Å²) < 4.78 is 0. The van der Waals surface area contributed by atoms with E-state index in [0.717, 1.165) is 30.4 Å². The Morgan fingerprint density at radius 1 is 1.20 bits per heavy atom. The highest BCUT2D eigenvalue weighted by Crippen LogP contribution is 2.19. The molecule has 0 saturated heterocycles. The maximum absolute atomic E-state index is 9.59. The minimum absolute atomic E-state index is 0.228. The zero-order valence-electron chi connectivity index (χ0n) is 8.89. The molecule has 0 aromatic heterocycles. The summed E-state index contributed by atoms with van der Waals surface area (Å²) in [5, 5.41) is 18.5. The lowest BCUT2D eigenvalue weighted by molar-refractivity contribution is 0.0949. The van der Waals surface area contributed by atoms with Crippen LogP contribution >= 0.6 is 0 Å². The number of aliphatic hydroxyl groups excluding tert-OH is 2. The highest BCUT2D eigenvalue weighted by molar-refractivity contribution is 5.29. The average molecular weight is 209 g/mol. The van der Waals surface area contributed by atoms with Crippen LogP contribution in [0, 0.1) is 0 Å². The third kappa shape index (κ3) is 3.63. The lowest BCUT2D eigenvalue weighted by Gasteiger charge is -2.13. The van der Waals surface area contributed by atoms with Crippen molar-refractivity contribution < 1.29 is 10.2 Å². The highest BCUT2D eigenvalue weighted by atomic mass is 16.3. The van der Waals surface area contributed by atoms with E-state index in [1.165, 1.54) is 0 Å². The van der Waals surface area contributed by atoms with Gasteiger partial charge in [-0.05, 0) is 36.9 Å². The topological polar surface area (TPSA) is 66.5 Å². The van der Waals surface area contributed by atoms with Gasteiger partial charge in [-0.25, -0.2) is 0 Å². The van der Waals surface area contributed by atoms with Crippen LogP contribution in [-0.2, 0) is 6.42 Å². The van der Waals surface area contributed by atoms with Gasteiger partial charge >= 0.3 is 0 Å². The Morgan fingerprint density at radius 2 is 1.93 bits per heavy atom. The minimum atomic E-state index is -0.765. The van der Waals surface area contributed by atoms with E-state index in [9.17, 15) is 5.11 Å². The molecule has 0 aliphatic heterocycles. The largest absolute Gasteiger partial charge is 0.393 e. The molecule has 1 rings (SSSR count). The van der Waals surface area contributed by atoms with Crippen LogP contribution in [0.15, 0.2) is 24.3 Å². The zero-order valence-corrected chi connectivity index (χ0v) is 8.89. The number of hydrogen-bond donors (Lipinski definition) is 3. The Bertz CT molecular complexity index is 289. The quantitative estimate of drug-likeness (QED) is 0.612. The summed E-state index contributed by atoms with van der Waals surface area (Å²) in [5.74, 6) is 0. The molecular formula is C12H19NO2. The summed E-state index contributed by atoms with van der Waals surface area (Å²) in [6, 6.07) is 7.68. The Balaban J connectivity index is 2.68. The standard InChI is InChI=1S/C12H19NO2/c13-8-4-3-6-10-5-1-2-7-11(10)12(15)9-14/h1-2,5,7,12,14-15H,3-4,6,8-9,13H2. The van der Waals surface area contributed by atoms with Crippen molar-refractivity contribution in [1.29, 1.82) is 0 Å². The van der Waals surface area contributed by atoms with E-state index in [1.807, 2.05) is 24.3 Å². The van der Waals surface area contributed by atoms with Crippen molar-refractivity contribution in [3.63, 3.8) is 0 Å². The normalized spacial score (nSPS) is 12.7. The van der Waals surface area contributed by atoms with Crippen LogP contribution in [-0.4, -0.2) is 23.4 Å². The maximum Gasteiger partial charge on any atom is 0.102 e. The second kappa shape index (κ2) is 6.56. The van der Waals surface area contributed by atoms with Crippen molar-refractivity contribution in [2.24, 2.45) is 5.73 Å². The highest BCUT2D eigenvalue weighted by Gasteiger charge is 2.09. The third-order valence-electron chi connectivity index (χ3n) is 2.49. The van der Waals surface area contributed by atoms with Crippen LogP contribution < -0.4 is 5.73 Å². The van der Waals surface area contributed by atoms with Gasteiger partial charge in [0.25, 0.3) is 0 Å². The van der Waals surface area contributed by atoms with Crippen LogP contribution in [0.5, 0.6) is 0 Å². The summed E-state index contributed by atoms with van der Waals surface area (Å²) in [5.41, 5.74) is 7.36. The summed E-state index contributed by atoms with van der Waals surface area (Å²) in [4.78, 5) is 0. The fourth-order valence-electron chi connectivity index (χ4n) is 1.65. The van der Waals surface area contributed by atoms with E-state index in [4.69, 9.17) is 10.8 Å². The Kier molecular flexibility index (Phi) is 5.32. The molecule has 0 amide bonds. The molecule has 0 fully saturated rings. The molecule has 84 valence electrons. The molecule has 3 nitrogen and oxygen atoms in total. The van der Waals surface area contributed by atoms with E-state index in [1.54, 1.807) is 0 Å². The van der Waals surface area contributed by atoms with Crippen molar-refractivity contribution in [2.45, 2.75) is 25.4 Å².